The zero-order valence-corrected chi connectivity index (χ0v) is 13.2. The Morgan fingerprint density at radius 3 is 2.68 bits per heavy atom. The van der Waals surface area contributed by atoms with Crippen molar-refractivity contribution in [3.8, 4) is 5.75 Å². The van der Waals surface area contributed by atoms with E-state index in [0.29, 0.717) is 17.0 Å². The zero-order chi connectivity index (χ0) is 16.3. The average molecular weight is 300 g/mol. The van der Waals surface area contributed by atoms with Gasteiger partial charge in [-0.05, 0) is 38.0 Å². The van der Waals surface area contributed by atoms with Crippen molar-refractivity contribution < 1.29 is 9.53 Å². The minimum absolute atomic E-state index is 0.129. The van der Waals surface area contributed by atoms with E-state index in [1.54, 1.807) is 14.0 Å². The van der Waals surface area contributed by atoms with Crippen LogP contribution in [0.1, 0.15) is 32.9 Å². The fraction of sp³-hybridized carbons (Fsp3) is 0.312. The number of aromatic nitrogens is 2. The van der Waals surface area contributed by atoms with E-state index in [1.807, 2.05) is 32.0 Å². The summed E-state index contributed by atoms with van der Waals surface area (Å²) in [6.07, 6.45) is 0. The van der Waals surface area contributed by atoms with Crippen molar-refractivity contribution in [1.29, 1.82) is 0 Å². The Balaban J connectivity index is 2.33. The number of hydrogen-bond donors (Lipinski definition) is 2. The predicted molar refractivity (Wildman–Crippen MR) is 84.8 cm³/mol. The van der Waals surface area contributed by atoms with Gasteiger partial charge >= 0.3 is 0 Å². The SMILES string of the molecule is CNC(=O)c1c(C)nc(N)nc1COc1cc(C)ccc1C. The number of aryl methyl sites for hydroxylation is 3. The third-order valence-corrected chi connectivity index (χ3v) is 3.34. The van der Waals surface area contributed by atoms with E-state index in [9.17, 15) is 4.79 Å². The molecule has 0 unspecified atom stereocenters. The molecule has 0 aliphatic heterocycles. The first-order valence-electron chi connectivity index (χ1n) is 6.97. The van der Waals surface area contributed by atoms with Crippen LogP contribution >= 0.6 is 0 Å². The molecule has 22 heavy (non-hydrogen) atoms. The first kappa shape index (κ1) is 15.8. The molecule has 0 saturated heterocycles. The van der Waals surface area contributed by atoms with E-state index in [-0.39, 0.29) is 18.5 Å². The number of hydrogen-bond acceptors (Lipinski definition) is 5. The number of amides is 1. The van der Waals surface area contributed by atoms with Crippen molar-refractivity contribution in [3.63, 3.8) is 0 Å². The number of nitrogen functional groups attached to an aromatic ring is 1. The molecule has 3 N–H and O–H groups in total. The summed E-state index contributed by atoms with van der Waals surface area (Å²) < 4.78 is 5.82. The molecule has 1 amide bonds. The highest BCUT2D eigenvalue weighted by Crippen LogP contribution is 2.21. The summed E-state index contributed by atoms with van der Waals surface area (Å²) in [5.74, 6) is 0.638. The molecule has 0 saturated carbocycles. The second kappa shape index (κ2) is 6.43. The van der Waals surface area contributed by atoms with Gasteiger partial charge in [-0.3, -0.25) is 4.79 Å². The van der Waals surface area contributed by atoms with Crippen LogP contribution < -0.4 is 15.8 Å². The molecule has 2 rings (SSSR count). The quantitative estimate of drug-likeness (QED) is 0.900. The number of rotatable bonds is 4. The van der Waals surface area contributed by atoms with Gasteiger partial charge in [0.15, 0.2) is 0 Å². The normalized spacial score (nSPS) is 10.4. The van der Waals surface area contributed by atoms with Crippen LogP contribution in [0.5, 0.6) is 5.75 Å². The minimum atomic E-state index is -0.253. The largest absolute Gasteiger partial charge is 0.487 e. The molecule has 116 valence electrons. The topological polar surface area (TPSA) is 90.1 Å². The number of anilines is 1. The van der Waals surface area contributed by atoms with Gasteiger partial charge in [0.05, 0.1) is 17.0 Å². The summed E-state index contributed by atoms with van der Waals surface area (Å²) >= 11 is 0. The second-order valence-electron chi connectivity index (χ2n) is 5.13. The van der Waals surface area contributed by atoms with Gasteiger partial charge in [0.1, 0.15) is 12.4 Å². The van der Waals surface area contributed by atoms with Crippen LogP contribution in [0.25, 0.3) is 0 Å². The van der Waals surface area contributed by atoms with E-state index in [0.717, 1.165) is 16.9 Å². The minimum Gasteiger partial charge on any atom is -0.487 e. The molecule has 0 spiro atoms. The highest BCUT2D eigenvalue weighted by Gasteiger charge is 2.17. The van der Waals surface area contributed by atoms with Gasteiger partial charge in [-0.1, -0.05) is 12.1 Å². The summed E-state index contributed by atoms with van der Waals surface area (Å²) in [5, 5.41) is 2.59. The van der Waals surface area contributed by atoms with Gasteiger partial charge in [-0.25, -0.2) is 9.97 Å². The molecular weight excluding hydrogens is 280 g/mol. The lowest BCUT2D eigenvalue weighted by Crippen LogP contribution is -2.23. The van der Waals surface area contributed by atoms with Crippen molar-refractivity contribution >= 4 is 11.9 Å². The summed E-state index contributed by atoms with van der Waals surface area (Å²) in [6, 6.07) is 5.96. The maximum atomic E-state index is 12.0. The Labute approximate surface area is 129 Å². The molecule has 1 aromatic heterocycles. The number of ether oxygens (including phenoxy) is 1. The van der Waals surface area contributed by atoms with E-state index in [2.05, 4.69) is 15.3 Å². The molecule has 6 nitrogen and oxygen atoms in total. The maximum absolute atomic E-state index is 12.0. The Morgan fingerprint density at radius 2 is 2.00 bits per heavy atom. The Bertz CT molecular complexity index is 714. The van der Waals surface area contributed by atoms with Crippen LogP contribution in [0.15, 0.2) is 18.2 Å². The number of nitrogens with one attached hydrogen (secondary N) is 1. The van der Waals surface area contributed by atoms with Crippen molar-refractivity contribution in [2.75, 3.05) is 12.8 Å². The zero-order valence-electron chi connectivity index (χ0n) is 13.2. The van der Waals surface area contributed by atoms with Crippen LogP contribution in [-0.2, 0) is 6.61 Å². The van der Waals surface area contributed by atoms with Gasteiger partial charge < -0.3 is 15.8 Å². The van der Waals surface area contributed by atoms with Gasteiger partial charge in [0.25, 0.3) is 5.91 Å². The second-order valence-corrected chi connectivity index (χ2v) is 5.13. The highest BCUT2D eigenvalue weighted by atomic mass is 16.5. The van der Waals surface area contributed by atoms with Gasteiger partial charge in [0.2, 0.25) is 5.95 Å². The van der Waals surface area contributed by atoms with Crippen molar-refractivity contribution in [3.05, 3.63) is 46.3 Å². The lowest BCUT2D eigenvalue weighted by molar-refractivity contribution is 0.0959. The van der Waals surface area contributed by atoms with Crippen LogP contribution in [0.3, 0.4) is 0 Å². The molecule has 0 bridgehead atoms. The van der Waals surface area contributed by atoms with Crippen molar-refractivity contribution in [1.82, 2.24) is 15.3 Å². The van der Waals surface area contributed by atoms with E-state index >= 15 is 0 Å². The fourth-order valence-electron chi connectivity index (χ4n) is 2.19. The lowest BCUT2D eigenvalue weighted by atomic mass is 10.1. The first-order chi connectivity index (χ1) is 10.4. The van der Waals surface area contributed by atoms with Crippen LogP contribution in [-0.4, -0.2) is 22.9 Å². The third kappa shape index (κ3) is 3.33. The molecule has 2 aromatic rings. The van der Waals surface area contributed by atoms with Gasteiger partial charge in [-0.15, -0.1) is 0 Å². The highest BCUT2D eigenvalue weighted by molar-refractivity contribution is 5.96. The number of carbonyl (C=O) groups is 1. The molecule has 0 radical (unpaired) electrons. The van der Waals surface area contributed by atoms with E-state index in [4.69, 9.17) is 10.5 Å². The number of nitrogens with zero attached hydrogens (tertiary/aromatic N) is 2. The fourth-order valence-corrected chi connectivity index (χ4v) is 2.19. The molecule has 1 aromatic carbocycles. The molecular formula is C16H20N4O2. The molecule has 0 atom stereocenters. The number of benzene rings is 1. The van der Waals surface area contributed by atoms with E-state index < -0.39 is 0 Å². The van der Waals surface area contributed by atoms with Gasteiger partial charge in [-0.2, -0.15) is 0 Å². The van der Waals surface area contributed by atoms with Crippen molar-refractivity contribution in [2.45, 2.75) is 27.4 Å². The predicted octanol–water partition coefficient (Wildman–Crippen LogP) is 1.92. The Morgan fingerprint density at radius 1 is 1.27 bits per heavy atom. The first-order valence-corrected chi connectivity index (χ1v) is 6.97. The number of nitrogens with two attached hydrogens (primary N) is 1. The van der Waals surface area contributed by atoms with E-state index in [1.165, 1.54) is 0 Å². The lowest BCUT2D eigenvalue weighted by Gasteiger charge is -2.13. The smallest absolute Gasteiger partial charge is 0.254 e. The molecule has 0 aliphatic rings. The summed E-state index contributed by atoms with van der Waals surface area (Å²) in [4.78, 5) is 20.2. The molecule has 6 heteroatoms. The Kier molecular flexibility index (Phi) is 4.60. The maximum Gasteiger partial charge on any atom is 0.254 e. The molecule has 0 aliphatic carbocycles. The van der Waals surface area contributed by atoms with Crippen LogP contribution in [0, 0.1) is 20.8 Å². The Hall–Kier alpha value is -2.63. The monoisotopic (exact) mass is 300 g/mol. The summed E-state index contributed by atoms with van der Waals surface area (Å²) in [6.45, 7) is 5.84. The molecule has 1 heterocycles. The van der Waals surface area contributed by atoms with Crippen LogP contribution in [0.2, 0.25) is 0 Å². The standard InChI is InChI=1S/C16H20N4O2/c1-9-5-6-10(2)13(7-9)22-8-12-14(15(21)18-4)11(3)19-16(17)20-12/h5-7H,8H2,1-4H3,(H,18,21)(H2,17,19,20). The summed E-state index contributed by atoms with van der Waals surface area (Å²) in [5.41, 5.74) is 9.22. The average Bonchev–Trinajstić information content (AvgIpc) is 2.47. The van der Waals surface area contributed by atoms with Gasteiger partial charge in [0, 0.05) is 7.05 Å². The third-order valence-electron chi connectivity index (χ3n) is 3.34. The van der Waals surface area contributed by atoms with Crippen molar-refractivity contribution in [2.24, 2.45) is 0 Å². The number of carbonyl (C=O) groups excluding carboxylic acids is 1. The molecule has 0 fully saturated rings. The summed E-state index contributed by atoms with van der Waals surface area (Å²) in [7, 11) is 1.56. The van der Waals surface area contributed by atoms with Crippen LogP contribution in [0.4, 0.5) is 5.95 Å².